The van der Waals surface area contributed by atoms with Crippen LogP contribution in [0.5, 0.6) is 0 Å². The smallest absolute Gasteiger partial charge is 0.0662 e. The molecule has 0 radical (unpaired) electrons. The molecule has 2 aliphatic rings. The zero-order valence-electron chi connectivity index (χ0n) is 6.62. The van der Waals surface area contributed by atoms with E-state index in [1.54, 1.807) is 0 Å². The molecular weight excluding hydrogens is 154 g/mol. The van der Waals surface area contributed by atoms with E-state index in [2.05, 4.69) is 6.07 Å². The Morgan fingerprint density at radius 2 is 2.00 bits per heavy atom. The Balaban J connectivity index is 1.90. The zero-order valence-corrected chi connectivity index (χ0v) is 7.44. The van der Waals surface area contributed by atoms with Gasteiger partial charge in [0.1, 0.15) is 0 Å². The minimum Gasteiger partial charge on any atom is -0.198 e. The van der Waals surface area contributed by atoms with Gasteiger partial charge in [-0.15, -0.1) is 0 Å². The highest BCUT2D eigenvalue weighted by Gasteiger charge is 2.36. The molecule has 0 aromatic carbocycles. The van der Waals surface area contributed by atoms with E-state index in [1.165, 1.54) is 30.8 Å². The molecule has 1 saturated carbocycles. The highest BCUT2D eigenvalue weighted by Crippen LogP contribution is 2.42. The maximum absolute atomic E-state index is 8.94. The number of thioether (sulfide) groups is 1. The van der Waals surface area contributed by atoms with Crippen LogP contribution >= 0.6 is 11.8 Å². The number of hydrogen-bond donors (Lipinski definition) is 0. The molecule has 2 fully saturated rings. The molecule has 2 heteroatoms. The van der Waals surface area contributed by atoms with Crippen molar-refractivity contribution in [1.29, 1.82) is 5.26 Å². The van der Waals surface area contributed by atoms with Crippen LogP contribution in [0.1, 0.15) is 19.3 Å². The van der Waals surface area contributed by atoms with E-state index in [0.717, 1.165) is 11.8 Å². The molecule has 1 saturated heterocycles. The molecule has 1 unspecified atom stereocenters. The van der Waals surface area contributed by atoms with Crippen molar-refractivity contribution in [2.75, 3.05) is 11.5 Å². The maximum Gasteiger partial charge on any atom is 0.0662 e. The first-order valence-corrected chi connectivity index (χ1v) is 5.54. The van der Waals surface area contributed by atoms with Gasteiger partial charge in [0.25, 0.3) is 0 Å². The Kier molecular flexibility index (Phi) is 2.09. The van der Waals surface area contributed by atoms with Gasteiger partial charge in [0, 0.05) is 0 Å². The lowest BCUT2D eigenvalue weighted by atomic mass is 9.72. The standard InChI is InChI=1S/C9H13NS/c10-4-9(7-2-1-3-7)8-5-11-6-8/h7-9H,1-3,5-6H2. The van der Waals surface area contributed by atoms with Gasteiger partial charge in [0.2, 0.25) is 0 Å². The molecular formula is C9H13NS. The van der Waals surface area contributed by atoms with Crippen molar-refractivity contribution in [2.45, 2.75) is 19.3 Å². The first-order chi connectivity index (χ1) is 5.42. The highest BCUT2D eigenvalue weighted by molar-refractivity contribution is 8.00. The Hall–Kier alpha value is -0.160. The third-order valence-electron chi connectivity index (χ3n) is 2.98. The van der Waals surface area contributed by atoms with Crippen LogP contribution in [-0.2, 0) is 0 Å². The number of nitriles is 1. The maximum atomic E-state index is 8.94. The van der Waals surface area contributed by atoms with Gasteiger partial charge in [-0.05, 0) is 36.2 Å². The molecule has 0 spiro atoms. The first-order valence-electron chi connectivity index (χ1n) is 4.39. The van der Waals surface area contributed by atoms with Crippen LogP contribution < -0.4 is 0 Å². The molecule has 2 rings (SSSR count). The van der Waals surface area contributed by atoms with Gasteiger partial charge in [0.15, 0.2) is 0 Å². The molecule has 60 valence electrons. The van der Waals surface area contributed by atoms with Gasteiger partial charge in [-0.2, -0.15) is 17.0 Å². The monoisotopic (exact) mass is 167 g/mol. The van der Waals surface area contributed by atoms with Gasteiger partial charge >= 0.3 is 0 Å². The van der Waals surface area contributed by atoms with Crippen molar-refractivity contribution < 1.29 is 0 Å². The van der Waals surface area contributed by atoms with Crippen LogP contribution in [0.25, 0.3) is 0 Å². The molecule has 1 heterocycles. The number of hydrogen-bond acceptors (Lipinski definition) is 2. The Morgan fingerprint density at radius 1 is 1.27 bits per heavy atom. The van der Waals surface area contributed by atoms with E-state index in [9.17, 15) is 0 Å². The fourth-order valence-corrected chi connectivity index (χ4v) is 2.78. The van der Waals surface area contributed by atoms with Gasteiger partial charge in [-0.25, -0.2) is 0 Å². The summed E-state index contributed by atoms with van der Waals surface area (Å²) in [7, 11) is 0. The van der Waals surface area contributed by atoms with E-state index in [-0.39, 0.29) is 0 Å². The Bertz CT molecular complexity index is 162. The predicted octanol–water partition coefficient (Wildman–Crippen LogP) is 2.29. The van der Waals surface area contributed by atoms with Crippen LogP contribution in [0.3, 0.4) is 0 Å². The second-order valence-corrected chi connectivity index (χ2v) is 4.72. The van der Waals surface area contributed by atoms with Crippen LogP contribution in [0.15, 0.2) is 0 Å². The Morgan fingerprint density at radius 3 is 2.27 bits per heavy atom. The quantitative estimate of drug-likeness (QED) is 0.630. The summed E-state index contributed by atoms with van der Waals surface area (Å²) >= 11 is 1.99. The minimum absolute atomic E-state index is 0.407. The molecule has 0 aromatic rings. The lowest BCUT2D eigenvalue weighted by Gasteiger charge is -2.38. The summed E-state index contributed by atoms with van der Waals surface area (Å²) < 4.78 is 0. The van der Waals surface area contributed by atoms with E-state index in [0.29, 0.717) is 5.92 Å². The molecule has 0 amide bonds. The van der Waals surface area contributed by atoms with Crippen LogP contribution in [0.4, 0.5) is 0 Å². The molecule has 0 bridgehead atoms. The number of nitrogens with zero attached hydrogens (tertiary/aromatic N) is 1. The first kappa shape index (κ1) is 7.49. The van der Waals surface area contributed by atoms with Crippen molar-refractivity contribution >= 4 is 11.8 Å². The summed E-state index contributed by atoms with van der Waals surface area (Å²) in [5, 5.41) is 8.94. The summed E-state index contributed by atoms with van der Waals surface area (Å²) in [5.74, 6) is 4.41. The number of rotatable bonds is 2. The van der Waals surface area contributed by atoms with E-state index >= 15 is 0 Å². The summed E-state index contributed by atoms with van der Waals surface area (Å²) in [6.07, 6.45) is 4.00. The van der Waals surface area contributed by atoms with Crippen molar-refractivity contribution in [1.82, 2.24) is 0 Å². The van der Waals surface area contributed by atoms with Crippen molar-refractivity contribution in [2.24, 2.45) is 17.8 Å². The molecule has 11 heavy (non-hydrogen) atoms. The van der Waals surface area contributed by atoms with Crippen LogP contribution in [0.2, 0.25) is 0 Å². The van der Waals surface area contributed by atoms with Crippen molar-refractivity contribution in [3.8, 4) is 6.07 Å². The van der Waals surface area contributed by atoms with Gasteiger partial charge < -0.3 is 0 Å². The molecule has 1 nitrogen and oxygen atoms in total. The topological polar surface area (TPSA) is 23.8 Å². The minimum atomic E-state index is 0.407. The van der Waals surface area contributed by atoms with Gasteiger partial charge in [-0.1, -0.05) is 6.42 Å². The average Bonchev–Trinajstić information content (AvgIpc) is 1.78. The molecule has 1 aliphatic heterocycles. The summed E-state index contributed by atoms with van der Waals surface area (Å²) in [6, 6.07) is 2.49. The third kappa shape index (κ3) is 1.27. The highest BCUT2D eigenvalue weighted by atomic mass is 32.2. The van der Waals surface area contributed by atoms with Gasteiger partial charge in [0.05, 0.1) is 12.0 Å². The van der Waals surface area contributed by atoms with E-state index < -0.39 is 0 Å². The SMILES string of the molecule is N#CC(C1CCC1)C1CSC1. The third-order valence-corrected chi connectivity index (χ3v) is 4.31. The lowest BCUT2D eigenvalue weighted by molar-refractivity contribution is 0.204. The molecule has 1 atom stereocenters. The zero-order chi connectivity index (χ0) is 7.68. The fraction of sp³-hybridized carbons (Fsp3) is 0.889. The summed E-state index contributed by atoms with van der Waals surface area (Å²) in [5.41, 5.74) is 0. The second-order valence-electron chi connectivity index (χ2n) is 3.64. The second kappa shape index (κ2) is 3.06. The van der Waals surface area contributed by atoms with E-state index in [4.69, 9.17) is 5.26 Å². The Labute approximate surface area is 72.2 Å². The molecule has 1 aliphatic carbocycles. The predicted molar refractivity (Wildman–Crippen MR) is 47.3 cm³/mol. The van der Waals surface area contributed by atoms with Crippen molar-refractivity contribution in [3.05, 3.63) is 0 Å². The normalized spacial score (nSPS) is 28.3. The van der Waals surface area contributed by atoms with Crippen LogP contribution in [-0.4, -0.2) is 11.5 Å². The average molecular weight is 167 g/mol. The van der Waals surface area contributed by atoms with Gasteiger partial charge in [-0.3, -0.25) is 0 Å². The summed E-state index contributed by atoms with van der Waals surface area (Å²) in [4.78, 5) is 0. The van der Waals surface area contributed by atoms with Crippen LogP contribution in [0, 0.1) is 29.1 Å². The van der Waals surface area contributed by atoms with Crippen molar-refractivity contribution in [3.63, 3.8) is 0 Å². The fourth-order valence-electron chi connectivity index (χ4n) is 1.86. The molecule has 0 aromatic heterocycles. The summed E-state index contributed by atoms with van der Waals surface area (Å²) in [6.45, 7) is 0. The molecule has 0 N–H and O–H groups in total. The lowest BCUT2D eigenvalue weighted by Crippen LogP contribution is -2.34. The van der Waals surface area contributed by atoms with E-state index in [1.807, 2.05) is 11.8 Å². The largest absolute Gasteiger partial charge is 0.198 e.